The van der Waals surface area contributed by atoms with Gasteiger partial charge in [0.25, 0.3) is 0 Å². The number of likely N-dealkylation sites (tertiary alicyclic amines) is 1. The highest BCUT2D eigenvalue weighted by Gasteiger charge is 2.43. The quantitative estimate of drug-likeness (QED) is 0.746. The maximum Gasteiger partial charge on any atom is 0.00988 e. The smallest absolute Gasteiger partial charge is 0.00988 e. The van der Waals surface area contributed by atoms with Gasteiger partial charge < -0.3 is 5.32 Å². The van der Waals surface area contributed by atoms with Crippen LogP contribution in [0.5, 0.6) is 0 Å². The lowest BCUT2D eigenvalue weighted by Gasteiger charge is -2.44. The third-order valence-electron chi connectivity index (χ3n) is 6.17. The van der Waals surface area contributed by atoms with E-state index < -0.39 is 0 Å². The number of nitrogens with one attached hydrogen (secondary N) is 1. The predicted octanol–water partition coefficient (Wildman–Crippen LogP) is 3.67. The summed E-state index contributed by atoms with van der Waals surface area (Å²) in [5.74, 6) is 1.98. The predicted molar refractivity (Wildman–Crippen MR) is 85.9 cm³/mol. The zero-order valence-corrected chi connectivity index (χ0v) is 13.7. The Labute approximate surface area is 125 Å². The van der Waals surface area contributed by atoms with Crippen LogP contribution in [0, 0.1) is 17.3 Å². The fraction of sp³-hybridized carbons (Fsp3) is 1.00. The lowest BCUT2D eigenvalue weighted by Crippen LogP contribution is -2.48. The number of hydrogen-bond acceptors (Lipinski definition) is 2. The Kier molecular flexibility index (Phi) is 4.72. The Morgan fingerprint density at radius 2 is 2.15 bits per heavy atom. The van der Waals surface area contributed by atoms with Crippen LogP contribution in [0.3, 0.4) is 0 Å². The average molecular weight is 278 g/mol. The van der Waals surface area contributed by atoms with Crippen LogP contribution in [0.1, 0.15) is 65.2 Å². The molecule has 0 spiro atoms. The van der Waals surface area contributed by atoms with Crippen molar-refractivity contribution in [3.8, 4) is 0 Å². The molecule has 1 heterocycles. The van der Waals surface area contributed by atoms with E-state index in [2.05, 4.69) is 24.1 Å². The minimum atomic E-state index is 0.581. The maximum atomic E-state index is 3.76. The normalized spacial score (nSPS) is 41.4. The largest absolute Gasteiger partial charge is 0.316 e. The van der Waals surface area contributed by atoms with E-state index in [9.17, 15) is 0 Å². The fourth-order valence-electron chi connectivity index (χ4n) is 5.31. The molecule has 3 aliphatic rings. The van der Waals surface area contributed by atoms with Crippen molar-refractivity contribution in [1.82, 2.24) is 10.2 Å². The molecule has 4 unspecified atom stereocenters. The van der Waals surface area contributed by atoms with Crippen LogP contribution in [0.15, 0.2) is 0 Å². The average Bonchev–Trinajstić information content (AvgIpc) is 3.01. The van der Waals surface area contributed by atoms with E-state index in [0.29, 0.717) is 5.41 Å². The number of hydrogen-bond donors (Lipinski definition) is 1. The van der Waals surface area contributed by atoms with Crippen LogP contribution in [-0.4, -0.2) is 37.1 Å². The third-order valence-corrected chi connectivity index (χ3v) is 6.17. The van der Waals surface area contributed by atoms with E-state index in [1.165, 1.54) is 77.5 Å². The Hall–Kier alpha value is -0.0800. The second kappa shape index (κ2) is 6.36. The summed E-state index contributed by atoms with van der Waals surface area (Å²) in [5.41, 5.74) is 0.581. The first kappa shape index (κ1) is 14.8. The van der Waals surface area contributed by atoms with Gasteiger partial charge in [0.1, 0.15) is 0 Å². The topological polar surface area (TPSA) is 15.3 Å². The Morgan fingerprint density at radius 3 is 2.80 bits per heavy atom. The SMILES string of the molecule is CCCNCC1(CN2CC3CCC2C3)CCCC(C)C1. The van der Waals surface area contributed by atoms with Crippen molar-refractivity contribution in [2.45, 2.75) is 71.3 Å². The van der Waals surface area contributed by atoms with Gasteiger partial charge in [-0.1, -0.05) is 26.7 Å². The molecule has 2 nitrogen and oxygen atoms in total. The molecule has 0 aromatic carbocycles. The molecule has 20 heavy (non-hydrogen) atoms. The summed E-state index contributed by atoms with van der Waals surface area (Å²) in [6.45, 7) is 10.0. The number of rotatable bonds is 6. The second-order valence-corrected chi connectivity index (χ2v) is 8.14. The second-order valence-electron chi connectivity index (χ2n) is 8.14. The van der Waals surface area contributed by atoms with Gasteiger partial charge in [-0.15, -0.1) is 0 Å². The van der Waals surface area contributed by atoms with Gasteiger partial charge in [0.2, 0.25) is 0 Å². The monoisotopic (exact) mass is 278 g/mol. The van der Waals surface area contributed by atoms with Gasteiger partial charge in [-0.2, -0.15) is 0 Å². The highest BCUT2D eigenvalue weighted by molar-refractivity contribution is 4.97. The summed E-state index contributed by atoms with van der Waals surface area (Å²) in [7, 11) is 0. The van der Waals surface area contributed by atoms with Gasteiger partial charge in [0.15, 0.2) is 0 Å². The van der Waals surface area contributed by atoms with E-state index in [0.717, 1.165) is 17.9 Å². The first-order valence-electron chi connectivity index (χ1n) is 9.15. The first-order chi connectivity index (χ1) is 9.71. The minimum absolute atomic E-state index is 0.581. The van der Waals surface area contributed by atoms with Crippen molar-refractivity contribution >= 4 is 0 Å². The molecular formula is C18H34N2. The highest BCUT2D eigenvalue weighted by atomic mass is 15.2. The molecule has 2 saturated carbocycles. The molecule has 1 saturated heterocycles. The summed E-state index contributed by atoms with van der Waals surface area (Å²) in [4.78, 5) is 2.87. The minimum Gasteiger partial charge on any atom is -0.316 e. The zero-order chi connectivity index (χ0) is 14.0. The summed E-state index contributed by atoms with van der Waals surface area (Å²) in [6, 6.07) is 0.945. The standard InChI is InChI=1S/C18H34N2/c1-3-9-19-13-18(8-4-5-15(2)11-18)14-20-12-16-6-7-17(20)10-16/h15-17,19H,3-14H2,1-2H3. The van der Waals surface area contributed by atoms with Crippen LogP contribution < -0.4 is 5.32 Å². The highest BCUT2D eigenvalue weighted by Crippen LogP contribution is 2.44. The van der Waals surface area contributed by atoms with E-state index in [-0.39, 0.29) is 0 Å². The molecule has 4 atom stereocenters. The summed E-state index contributed by atoms with van der Waals surface area (Å²) >= 11 is 0. The Morgan fingerprint density at radius 1 is 1.25 bits per heavy atom. The van der Waals surface area contributed by atoms with Crippen molar-refractivity contribution in [3.63, 3.8) is 0 Å². The first-order valence-corrected chi connectivity index (χ1v) is 9.15. The molecule has 0 aromatic rings. The molecule has 2 heteroatoms. The van der Waals surface area contributed by atoms with Crippen molar-refractivity contribution < 1.29 is 0 Å². The van der Waals surface area contributed by atoms with Gasteiger partial charge in [-0.05, 0) is 62.3 Å². The molecule has 2 aliphatic carbocycles. The number of nitrogens with zero attached hydrogens (tertiary/aromatic N) is 1. The molecule has 3 rings (SSSR count). The molecular weight excluding hydrogens is 244 g/mol. The van der Waals surface area contributed by atoms with Crippen LogP contribution in [-0.2, 0) is 0 Å². The van der Waals surface area contributed by atoms with Crippen LogP contribution in [0.2, 0.25) is 0 Å². The molecule has 3 fully saturated rings. The van der Waals surface area contributed by atoms with Crippen molar-refractivity contribution in [2.24, 2.45) is 17.3 Å². The van der Waals surface area contributed by atoms with Crippen molar-refractivity contribution in [3.05, 3.63) is 0 Å². The lowest BCUT2D eigenvalue weighted by molar-refractivity contribution is 0.0646. The number of fused-ring (bicyclic) bond motifs is 2. The van der Waals surface area contributed by atoms with Gasteiger partial charge in [0.05, 0.1) is 0 Å². The number of piperidine rings is 1. The third kappa shape index (κ3) is 3.22. The lowest BCUT2D eigenvalue weighted by atomic mass is 9.69. The van der Waals surface area contributed by atoms with Gasteiger partial charge in [0, 0.05) is 25.7 Å². The summed E-state index contributed by atoms with van der Waals surface area (Å²) < 4.78 is 0. The van der Waals surface area contributed by atoms with Crippen LogP contribution in [0.25, 0.3) is 0 Å². The van der Waals surface area contributed by atoms with E-state index in [1.807, 2.05) is 0 Å². The molecule has 1 N–H and O–H groups in total. The molecule has 1 aliphatic heterocycles. The van der Waals surface area contributed by atoms with E-state index in [4.69, 9.17) is 0 Å². The Balaban J connectivity index is 1.62. The van der Waals surface area contributed by atoms with E-state index >= 15 is 0 Å². The fourth-order valence-corrected chi connectivity index (χ4v) is 5.31. The summed E-state index contributed by atoms with van der Waals surface area (Å²) in [6.07, 6.45) is 11.6. The van der Waals surface area contributed by atoms with Gasteiger partial charge >= 0.3 is 0 Å². The summed E-state index contributed by atoms with van der Waals surface area (Å²) in [5, 5.41) is 3.76. The molecule has 0 aromatic heterocycles. The molecule has 0 radical (unpaired) electrons. The van der Waals surface area contributed by atoms with Crippen LogP contribution in [0.4, 0.5) is 0 Å². The van der Waals surface area contributed by atoms with Crippen molar-refractivity contribution in [1.29, 1.82) is 0 Å². The van der Waals surface area contributed by atoms with Gasteiger partial charge in [-0.3, -0.25) is 4.90 Å². The van der Waals surface area contributed by atoms with Gasteiger partial charge in [-0.25, -0.2) is 0 Å². The van der Waals surface area contributed by atoms with Crippen LogP contribution >= 0.6 is 0 Å². The molecule has 2 bridgehead atoms. The van der Waals surface area contributed by atoms with E-state index in [1.54, 1.807) is 0 Å². The molecule has 116 valence electrons. The van der Waals surface area contributed by atoms with Crippen molar-refractivity contribution in [2.75, 3.05) is 26.2 Å². The zero-order valence-electron chi connectivity index (χ0n) is 13.7. The maximum absolute atomic E-state index is 3.76. The Bertz CT molecular complexity index is 317. The molecule has 0 amide bonds.